The van der Waals surface area contributed by atoms with Crippen molar-refractivity contribution in [2.45, 2.75) is 26.3 Å². The Hall–Kier alpha value is -0.870. The molecule has 1 aromatic heterocycles. The van der Waals surface area contributed by atoms with E-state index in [4.69, 9.17) is 5.73 Å². The van der Waals surface area contributed by atoms with Gasteiger partial charge in [0, 0.05) is 28.0 Å². The summed E-state index contributed by atoms with van der Waals surface area (Å²) in [6.45, 7) is 4.93. The van der Waals surface area contributed by atoms with Gasteiger partial charge in [0.25, 0.3) is 0 Å². The van der Waals surface area contributed by atoms with E-state index < -0.39 is 0 Å². The van der Waals surface area contributed by atoms with Crippen molar-refractivity contribution >= 4 is 26.8 Å². The molecule has 0 aliphatic carbocycles. The molecule has 0 saturated heterocycles. The Labute approximate surface area is 104 Å². The standard InChI is InChI=1S/C12H16BrN3/c1-8(2)16-11(6-7-14)12-9(13)4-3-5-10(12)15-16/h3-5,8H,6-7,14H2,1-2H3. The van der Waals surface area contributed by atoms with Crippen LogP contribution in [0.1, 0.15) is 25.6 Å². The Balaban J connectivity index is 2.72. The fourth-order valence-corrected chi connectivity index (χ4v) is 2.56. The van der Waals surface area contributed by atoms with Crippen molar-refractivity contribution in [2.24, 2.45) is 5.73 Å². The van der Waals surface area contributed by atoms with E-state index in [0.717, 1.165) is 16.4 Å². The fraction of sp³-hybridized carbons (Fsp3) is 0.417. The third-order valence-corrected chi connectivity index (χ3v) is 3.30. The summed E-state index contributed by atoms with van der Waals surface area (Å²) in [5.41, 5.74) is 7.93. The zero-order valence-corrected chi connectivity index (χ0v) is 11.2. The average molecular weight is 282 g/mol. The minimum Gasteiger partial charge on any atom is -0.330 e. The summed E-state index contributed by atoms with van der Waals surface area (Å²) >= 11 is 3.59. The molecular weight excluding hydrogens is 266 g/mol. The molecule has 0 fully saturated rings. The number of fused-ring (bicyclic) bond motifs is 1. The molecule has 0 radical (unpaired) electrons. The van der Waals surface area contributed by atoms with Gasteiger partial charge in [0.1, 0.15) is 0 Å². The van der Waals surface area contributed by atoms with E-state index in [0.29, 0.717) is 12.6 Å². The van der Waals surface area contributed by atoms with E-state index in [9.17, 15) is 0 Å². The first kappa shape index (κ1) is 11.6. The van der Waals surface area contributed by atoms with Crippen molar-refractivity contribution in [3.63, 3.8) is 0 Å². The van der Waals surface area contributed by atoms with Crippen molar-refractivity contribution in [3.8, 4) is 0 Å². The first-order valence-corrected chi connectivity index (χ1v) is 6.30. The minimum atomic E-state index is 0.362. The number of rotatable bonds is 3. The molecule has 2 rings (SSSR count). The maximum atomic E-state index is 5.67. The van der Waals surface area contributed by atoms with Crippen LogP contribution in [0.4, 0.5) is 0 Å². The zero-order chi connectivity index (χ0) is 11.7. The van der Waals surface area contributed by atoms with E-state index in [1.54, 1.807) is 0 Å². The van der Waals surface area contributed by atoms with E-state index in [1.807, 2.05) is 12.1 Å². The second kappa shape index (κ2) is 4.55. The number of benzene rings is 1. The van der Waals surface area contributed by atoms with Gasteiger partial charge in [0.2, 0.25) is 0 Å². The molecule has 0 aliphatic rings. The lowest BCUT2D eigenvalue weighted by Crippen LogP contribution is -2.12. The quantitative estimate of drug-likeness (QED) is 0.940. The molecule has 0 atom stereocenters. The molecule has 0 bridgehead atoms. The average Bonchev–Trinajstić information content (AvgIpc) is 2.59. The van der Waals surface area contributed by atoms with Gasteiger partial charge in [-0.15, -0.1) is 0 Å². The first-order valence-electron chi connectivity index (χ1n) is 5.50. The molecule has 2 aromatic rings. The Morgan fingerprint density at radius 3 is 2.81 bits per heavy atom. The highest BCUT2D eigenvalue weighted by Gasteiger charge is 2.14. The largest absolute Gasteiger partial charge is 0.330 e. The SMILES string of the molecule is CC(C)n1nc2cccc(Br)c2c1CCN. The van der Waals surface area contributed by atoms with Crippen LogP contribution >= 0.6 is 15.9 Å². The molecule has 0 aliphatic heterocycles. The predicted octanol–water partition coefficient (Wildman–Crippen LogP) is 2.88. The van der Waals surface area contributed by atoms with Crippen molar-refractivity contribution in [1.82, 2.24) is 9.78 Å². The molecule has 4 heteroatoms. The molecule has 1 heterocycles. The summed E-state index contributed by atoms with van der Waals surface area (Å²) in [5.74, 6) is 0. The van der Waals surface area contributed by atoms with Gasteiger partial charge in [-0.25, -0.2) is 0 Å². The summed E-state index contributed by atoms with van der Waals surface area (Å²) in [4.78, 5) is 0. The molecule has 0 amide bonds. The van der Waals surface area contributed by atoms with Crippen LogP contribution in [-0.4, -0.2) is 16.3 Å². The number of halogens is 1. The number of nitrogens with two attached hydrogens (primary N) is 1. The van der Waals surface area contributed by atoms with Crippen LogP contribution in [0, 0.1) is 0 Å². The zero-order valence-electron chi connectivity index (χ0n) is 9.57. The Morgan fingerprint density at radius 2 is 2.19 bits per heavy atom. The van der Waals surface area contributed by atoms with Crippen LogP contribution in [0.5, 0.6) is 0 Å². The normalized spacial score (nSPS) is 11.6. The summed E-state index contributed by atoms with van der Waals surface area (Å²) < 4.78 is 3.17. The second-order valence-electron chi connectivity index (χ2n) is 4.16. The highest BCUT2D eigenvalue weighted by molar-refractivity contribution is 9.10. The van der Waals surface area contributed by atoms with Crippen LogP contribution in [-0.2, 0) is 6.42 Å². The third-order valence-electron chi connectivity index (χ3n) is 2.64. The van der Waals surface area contributed by atoms with Crippen LogP contribution in [0.3, 0.4) is 0 Å². The highest BCUT2D eigenvalue weighted by atomic mass is 79.9. The first-order chi connectivity index (χ1) is 7.65. The summed E-state index contributed by atoms with van der Waals surface area (Å²) in [7, 11) is 0. The number of hydrogen-bond donors (Lipinski definition) is 1. The third kappa shape index (κ3) is 1.87. The fourth-order valence-electron chi connectivity index (χ4n) is 1.98. The molecule has 2 N–H and O–H groups in total. The molecule has 16 heavy (non-hydrogen) atoms. The number of aromatic nitrogens is 2. The maximum Gasteiger partial charge on any atom is 0.0937 e. The van der Waals surface area contributed by atoms with Crippen LogP contribution in [0.2, 0.25) is 0 Å². The smallest absolute Gasteiger partial charge is 0.0937 e. The van der Waals surface area contributed by atoms with Gasteiger partial charge in [-0.05, 0) is 32.5 Å². The Morgan fingerprint density at radius 1 is 1.44 bits per heavy atom. The lowest BCUT2D eigenvalue weighted by atomic mass is 10.1. The maximum absolute atomic E-state index is 5.67. The molecule has 0 spiro atoms. The van der Waals surface area contributed by atoms with Gasteiger partial charge >= 0.3 is 0 Å². The molecule has 0 unspecified atom stereocenters. The van der Waals surface area contributed by atoms with Crippen molar-refractivity contribution in [1.29, 1.82) is 0 Å². The van der Waals surface area contributed by atoms with Crippen LogP contribution in [0.15, 0.2) is 22.7 Å². The summed E-state index contributed by atoms with van der Waals surface area (Å²) in [6, 6.07) is 6.46. The highest BCUT2D eigenvalue weighted by Crippen LogP contribution is 2.28. The molecular formula is C12H16BrN3. The van der Waals surface area contributed by atoms with Gasteiger partial charge in [-0.1, -0.05) is 22.0 Å². The van der Waals surface area contributed by atoms with Crippen molar-refractivity contribution < 1.29 is 0 Å². The summed E-state index contributed by atoms with van der Waals surface area (Å²) in [5, 5.41) is 5.82. The van der Waals surface area contributed by atoms with Gasteiger partial charge < -0.3 is 5.73 Å². The van der Waals surface area contributed by atoms with Gasteiger partial charge in [0.05, 0.1) is 5.52 Å². The van der Waals surface area contributed by atoms with Crippen LogP contribution in [0.25, 0.3) is 10.9 Å². The predicted molar refractivity (Wildman–Crippen MR) is 70.6 cm³/mol. The van der Waals surface area contributed by atoms with Gasteiger partial charge in [0.15, 0.2) is 0 Å². The number of nitrogens with zero attached hydrogens (tertiary/aromatic N) is 2. The number of hydrogen-bond acceptors (Lipinski definition) is 2. The molecule has 0 saturated carbocycles. The van der Waals surface area contributed by atoms with E-state index in [-0.39, 0.29) is 0 Å². The van der Waals surface area contributed by atoms with Gasteiger partial charge in [-0.2, -0.15) is 5.10 Å². The molecule has 3 nitrogen and oxygen atoms in total. The lowest BCUT2D eigenvalue weighted by molar-refractivity contribution is 0.514. The van der Waals surface area contributed by atoms with E-state index in [1.165, 1.54) is 11.1 Å². The van der Waals surface area contributed by atoms with Gasteiger partial charge in [-0.3, -0.25) is 4.68 Å². The summed E-state index contributed by atoms with van der Waals surface area (Å²) in [6.07, 6.45) is 0.858. The molecule has 86 valence electrons. The van der Waals surface area contributed by atoms with Crippen molar-refractivity contribution in [3.05, 3.63) is 28.4 Å². The Bertz CT molecular complexity index is 502. The van der Waals surface area contributed by atoms with Crippen molar-refractivity contribution in [2.75, 3.05) is 6.54 Å². The van der Waals surface area contributed by atoms with E-state index in [2.05, 4.69) is 45.6 Å². The van der Waals surface area contributed by atoms with E-state index >= 15 is 0 Å². The Kier molecular flexibility index (Phi) is 3.30. The monoisotopic (exact) mass is 281 g/mol. The second-order valence-corrected chi connectivity index (χ2v) is 5.01. The molecule has 1 aromatic carbocycles. The lowest BCUT2D eigenvalue weighted by Gasteiger charge is -2.10. The topological polar surface area (TPSA) is 43.8 Å². The van der Waals surface area contributed by atoms with Crippen LogP contribution < -0.4 is 5.73 Å². The minimum absolute atomic E-state index is 0.362.